The Hall–Kier alpha value is -1.70. The van der Waals surface area contributed by atoms with Gasteiger partial charge >= 0.3 is 0 Å². The number of allylic oxidation sites excluding steroid dienone is 7. The maximum atomic E-state index is 5.80. The fourth-order valence-corrected chi connectivity index (χ4v) is 2.33. The van der Waals surface area contributed by atoms with Crippen LogP contribution in [-0.4, -0.2) is 18.0 Å². The predicted octanol–water partition coefficient (Wildman–Crippen LogP) is 3.27. The van der Waals surface area contributed by atoms with Crippen molar-refractivity contribution in [1.29, 1.82) is 0 Å². The van der Waals surface area contributed by atoms with Gasteiger partial charge in [0.15, 0.2) is 0 Å². The van der Waals surface area contributed by atoms with Crippen molar-refractivity contribution in [2.24, 2.45) is 5.73 Å². The van der Waals surface area contributed by atoms with Crippen molar-refractivity contribution in [3.05, 3.63) is 59.5 Å². The van der Waals surface area contributed by atoms with Gasteiger partial charge in [-0.15, -0.1) is 0 Å². The summed E-state index contributed by atoms with van der Waals surface area (Å²) in [6.45, 7) is 4.18. The molecular weight excluding hydrogens is 220 g/mol. The fourth-order valence-electron chi connectivity index (χ4n) is 2.33. The summed E-state index contributed by atoms with van der Waals surface area (Å²) in [6.07, 6.45) is 18.2. The molecule has 18 heavy (non-hydrogen) atoms. The van der Waals surface area contributed by atoms with Crippen LogP contribution in [0.15, 0.2) is 59.5 Å². The lowest BCUT2D eigenvalue weighted by Crippen LogP contribution is -2.29. The van der Waals surface area contributed by atoms with Crippen LogP contribution in [-0.2, 0) is 0 Å². The highest BCUT2D eigenvalue weighted by Gasteiger charge is 2.15. The van der Waals surface area contributed by atoms with E-state index >= 15 is 0 Å². The van der Waals surface area contributed by atoms with Crippen LogP contribution in [0.5, 0.6) is 0 Å². The first kappa shape index (κ1) is 12.7. The van der Waals surface area contributed by atoms with E-state index in [1.54, 1.807) is 0 Å². The van der Waals surface area contributed by atoms with Crippen molar-refractivity contribution < 1.29 is 0 Å². The molecule has 0 saturated heterocycles. The van der Waals surface area contributed by atoms with Crippen LogP contribution in [0, 0.1) is 0 Å². The van der Waals surface area contributed by atoms with Crippen LogP contribution in [0.3, 0.4) is 0 Å². The van der Waals surface area contributed by atoms with Crippen molar-refractivity contribution in [1.82, 2.24) is 4.90 Å². The van der Waals surface area contributed by atoms with Crippen LogP contribution in [0.4, 0.5) is 0 Å². The molecule has 0 spiro atoms. The molecule has 0 bridgehead atoms. The predicted molar refractivity (Wildman–Crippen MR) is 77.8 cm³/mol. The molecule has 0 aromatic heterocycles. The van der Waals surface area contributed by atoms with Crippen LogP contribution in [0.1, 0.15) is 26.2 Å². The highest BCUT2D eigenvalue weighted by molar-refractivity contribution is 5.29. The van der Waals surface area contributed by atoms with Crippen LogP contribution >= 0.6 is 0 Å². The third-order valence-electron chi connectivity index (χ3n) is 3.36. The molecule has 1 aliphatic heterocycles. The van der Waals surface area contributed by atoms with Gasteiger partial charge in [-0.05, 0) is 43.9 Å². The van der Waals surface area contributed by atoms with Crippen LogP contribution < -0.4 is 5.73 Å². The molecule has 2 rings (SSSR count). The first-order valence-electron chi connectivity index (χ1n) is 6.68. The highest BCUT2D eigenvalue weighted by atomic mass is 15.1. The van der Waals surface area contributed by atoms with E-state index < -0.39 is 0 Å². The Bertz CT molecular complexity index is 436. The fraction of sp³-hybridized carbons (Fsp3) is 0.375. The maximum Gasteiger partial charge on any atom is 0.0423 e. The van der Waals surface area contributed by atoms with Crippen molar-refractivity contribution >= 4 is 0 Å². The van der Waals surface area contributed by atoms with Crippen molar-refractivity contribution in [3.63, 3.8) is 0 Å². The second kappa shape index (κ2) is 6.29. The quantitative estimate of drug-likeness (QED) is 0.770. The van der Waals surface area contributed by atoms with Crippen LogP contribution in [0.2, 0.25) is 0 Å². The summed E-state index contributed by atoms with van der Waals surface area (Å²) in [4.78, 5) is 2.47. The normalized spacial score (nSPS) is 21.2. The second-order valence-electron chi connectivity index (χ2n) is 4.77. The Morgan fingerprint density at radius 3 is 2.83 bits per heavy atom. The van der Waals surface area contributed by atoms with E-state index in [-0.39, 0.29) is 0 Å². The third kappa shape index (κ3) is 3.39. The molecule has 96 valence electrons. The first-order valence-corrected chi connectivity index (χ1v) is 6.68. The van der Waals surface area contributed by atoms with E-state index in [1.165, 1.54) is 11.3 Å². The molecule has 2 N–H and O–H groups in total. The Morgan fingerprint density at radius 1 is 1.22 bits per heavy atom. The van der Waals surface area contributed by atoms with Gasteiger partial charge in [0.1, 0.15) is 0 Å². The lowest BCUT2D eigenvalue weighted by atomic mass is 10.0. The van der Waals surface area contributed by atoms with E-state index in [1.807, 2.05) is 13.0 Å². The summed E-state index contributed by atoms with van der Waals surface area (Å²) < 4.78 is 0. The largest absolute Gasteiger partial charge is 0.402 e. The van der Waals surface area contributed by atoms with Gasteiger partial charge in [-0.25, -0.2) is 0 Å². The van der Waals surface area contributed by atoms with Gasteiger partial charge in [0, 0.05) is 24.5 Å². The zero-order valence-corrected chi connectivity index (χ0v) is 11.1. The lowest BCUT2D eigenvalue weighted by molar-refractivity contribution is 0.352. The molecule has 0 unspecified atom stereocenters. The zero-order valence-electron chi connectivity index (χ0n) is 11.1. The second-order valence-corrected chi connectivity index (χ2v) is 4.77. The van der Waals surface area contributed by atoms with Gasteiger partial charge in [0.05, 0.1) is 0 Å². The van der Waals surface area contributed by atoms with Crippen molar-refractivity contribution in [3.8, 4) is 0 Å². The lowest BCUT2D eigenvalue weighted by Gasteiger charge is -2.32. The zero-order chi connectivity index (χ0) is 12.8. The standard InChI is InChI=1S/C16H22N2/c1-2-3-4-6-14-7-5-12-18(13-14)16-10-8-15(17)9-11-16/h2-4,6-8,10H,5,9,11-13,17H2,1H3/b3-2-,6-4-. The monoisotopic (exact) mass is 242 g/mol. The van der Waals surface area contributed by atoms with Gasteiger partial charge in [-0.3, -0.25) is 0 Å². The number of hydrogen-bond acceptors (Lipinski definition) is 2. The molecule has 2 nitrogen and oxygen atoms in total. The van der Waals surface area contributed by atoms with Gasteiger partial charge < -0.3 is 10.6 Å². The molecule has 2 heteroatoms. The molecule has 2 aliphatic rings. The van der Waals surface area contributed by atoms with Gasteiger partial charge in [0.25, 0.3) is 0 Å². The van der Waals surface area contributed by atoms with Gasteiger partial charge in [-0.1, -0.05) is 30.4 Å². The molecule has 0 amide bonds. The third-order valence-corrected chi connectivity index (χ3v) is 3.36. The Kier molecular flexibility index (Phi) is 4.46. The topological polar surface area (TPSA) is 29.3 Å². The molecular formula is C16H22N2. The summed E-state index contributed by atoms with van der Waals surface area (Å²) in [7, 11) is 0. The Labute approximate surface area is 110 Å². The van der Waals surface area contributed by atoms with E-state index in [4.69, 9.17) is 5.73 Å². The van der Waals surface area contributed by atoms with E-state index in [2.05, 4.69) is 41.4 Å². The molecule has 0 fully saturated rings. The summed E-state index contributed by atoms with van der Waals surface area (Å²) in [5.74, 6) is 0. The summed E-state index contributed by atoms with van der Waals surface area (Å²) in [5, 5.41) is 0. The number of hydrogen-bond donors (Lipinski definition) is 1. The minimum Gasteiger partial charge on any atom is -0.402 e. The minimum atomic E-state index is 0.996. The summed E-state index contributed by atoms with van der Waals surface area (Å²) in [6, 6.07) is 0. The summed E-state index contributed by atoms with van der Waals surface area (Å²) in [5.41, 5.74) is 9.63. The molecule has 0 radical (unpaired) electrons. The molecule has 0 saturated carbocycles. The van der Waals surface area contributed by atoms with Crippen LogP contribution in [0.25, 0.3) is 0 Å². The number of rotatable bonds is 3. The molecule has 0 aromatic carbocycles. The SMILES string of the molecule is C/C=C\C=C/C1=CCCN(C2=CC=C(N)CC2)C1. The Morgan fingerprint density at radius 2 is 2.11 bits per heavy atom. The molecule has 0 atom stereocenters. The van der Waals surface area contributed by atoms with E-state index in [0.717, 1.165) is 38.0 Å². The van der Waals surface area contributed by atoms with Crippen molar-refractivity contribution in [2.75, 3.05) is 13.1 Å². The molecule has 1 aliphatic carbocycles. The Balaban J connectivity index is 1.99. The molecule has 1 heterocycles. The van der Waals surface area contributed by atoms with Crippen molar-refractivity contribution in [2.45, 2.75) is 26.2 Å². The molecule has 0 aromatic rings. The van der Waals surface area contributed by atoms with Gasteiger partial charge in [-0.2, -0.15) is 0 Å². The number of nitrogens with zero attached hydrogens (tertiary/aromatic N) is 1. The highest BCUT2D eigenvalue weighted by Crippen LogP contribution is 2.23. The smallest absolute Gasteiger partial charge is 0.0423 e. The van der Waals surface area contributed by atoms with Gasteiger partial charge in [0.2, 0.25) is 0 Å². The van der Waals surface area contributed by atoms with E-state index in [0.29, 0.717) is 0 Å². The first-order chi connectivity index (χ1) is 8.79. The summed E-state index contributed by atoms with van der Waals surface area (Å²) >= 11 is 0. The minimum absolute atomic E-state index is 0.996. The maximum absolute atomic E-state index is 5.80. The average molecular weight is 242 g/mol. The average Bonchev–Trinajstić information content (AvgIpc) is 2.40. The number of nitrogens with two attached hydrogens (primary N) is 1. The van der Waals surface area contributed by atoms with E-state index in [9.17, 15) is 0 Å².